The van der Waals surface area contributed by atoms with E-state index in [2.05, 4.69) is 17.6 Å². The summed E-state index contributed by atoms with van der Waals surface area (Å²) >= 11 is 0. The van der Waals surface area contributed by atoms with Crippen LogP contribution in [0.3, 0.4) is 0 Å². The maximum atomic E-state index is 5.91. The largest absolute Gasteiger partial charge is 0.454 e. The van der Waals surface area contributed by atoms with Crippen LogP contribution in [0.15, 0.2) is 23.2 Å². The van der Waals surface area contributed by atoms with E-state index in [0.29, 0.717) is 24.8 Å². The Bertz CT molecular complexity index is 605. The van der Waals surface area contributed by atoms with Crippen molar-refractivity contribution >= 4 is 5.96 Å². The van der Waals surface area contributed by atoms with E-state index in [0.717, 1.165) is 42.4 Å². The SMILES string of the molecule is CCNC(=NCc1cccc2c1OCO2)NC1CC2CCC1O2. The highest BCUT2D eigenvalue weighted by molar-refractivity contribution is 5.80. The second-order valence-electron chi connectivity index (χ2n) is 6.21. The van der Waals surface area contributed by atoms with Gasteiger partial charge in [0.1, 0.15) is 0 Å². The van der Waals surface area contributed by atoms with Crippen LogP contribution in [0.1, 0.15) is 31.7 Å². The summed E-state index contributed by atoms with van der Waals surface area (Å²) in [6, 6.07) is 6.29. The van der Waals surface area contributed by atoms with Gasteiger partial charge in [-0.05, 0) is 32.3 Å². The monoisotopic (exact) mass is 317 g/mol. The zero-order valence-electron chi connectivity index (χ0n) is 13.4. The average molecular weight is 317 g/mol. The number of benzene rings is 1. The minimum absolute atomic E-state index is 0.289. The van der Waals surface area contributed by atoms with E-state index in [9.17, 15) is 0 Å². The van der Waals surface area contributed by atoms with Crippen molar-refractivity contribution in [3.63, 3.8) is 0 Å². The Hall–Kier alpha value is -1.95. The Morgan fingerprint density at radius 3 is 3.04 bits per heavy atom. The zero-order valence-corrected chi connectivity index (χ0v) is 13.4. The predicted octanol–water partition coefficient (Wildman–Crippen LogP) is 1.79. The van der Waals surface area contributed by atoms with Crippen LogP contribution in [0.25, 0.3) is 0 Å². The quantitative estimate of drug-likeness (QED) is 0.655. The Balaban J connectivity index is 1.45. The van der Waals surface area contributed by atoms with Gasteiger partial charge < -0.3 is 24.8 Å². The molecule has 6 heteroatoms. The molecule has 0 amide bonds. The summed E-state index contributed by atoms with van der Waals surface area (Å²) in [7, 11) is 0. The van der Waals surface area contributed by atoms with Crippen molar-refractivity contribution in [2.24, 2.45) is 4.99 Å². The second kappa shape index (κ2) is 6.28. The predicted molar refractivity (Wildman–Crippen MR) is 86.8 cm³/mol. The van der Waals surface area contributed by atoms with Gasteiger partial charge in [-0.25, -0.2) is 4.99 Å². The lowest BCUT2D eigenvalue weighted by Gasteiger charge is -2.22. The number of fused-ring (bicyclic) bond motifs is 3. The number of nitrogens with zero attached hydrogens (tertiary/aromatic N) is 1. The van der Waals surface area contributed by atoms with Gasteiger partial charge in [0.05, 0.1) is 24.8 Å². The highest BCUT2D eigenvalue weighted by Crippen LogP contribution is 2.36. The molecule has 4 rings (SSSR count). The first-order chi connectivity index (χ1) is 11.3. The van der Waals surface area contributed by atoms with Crippen LogP contribution in [0.5, 0.6) is 11.5 Å². The topological polar surface area (TPSA) is 64.1 Å². The number of para-hydroxylation sites is 1. The molecule has 0 radical (unpaired) electrons. The van der Waals surface area contributed by atoms with E-state index in [4.69, 9.17) is 19.2 Å². The van der Waals surface area contributed by atoms with Crippen molar-refractivity contribution in [2.75, 3.05) is 13.3 Å². The normalized spacial score (nSPS) is 28.2. The van der Waals surface area contributed by atoms with Gasteiger partial charge in [-0.1, -0.05) is 12.1 Å². The fourth-order valence-electron chi connectivity index (χ4n) is 3.56. The van der Waals surface area contributed by atoms with Crippen molar-refractivity contribution < 1.29 is 14.2 Å². The van der Waals surface area contributed by atoms with Crippen molar-refractivity contribution in [2.45, 2.75) is 51.0 Å². The third kappa shape index (κ3) is 2.95. The summed E-state index contributed by atoms with van der Waals surface area (Å²) < 4.78 is 16.9. The van der Waals surface area contributed by atoms with Gasteiger partial charge in [-0.2, -0.15) is 0 Å². The molecule has 3 heterocycles. The highest BCUT2D eigenvalue weighted by atomic mass is 16.7. The third-order valence-corrected chi connectivity index (χ3v) is 4.66. The second-order valence-corrected chi connectivity index (χ2v) is 6.21. The van der Waals surface area contributed by atoms with Gasteiger partial charge in [-0.15, -0.1) is 0 Å². The smallest absolute Gasteiger partial charge is 0.231 e. The fourth-order valence-corrected chi connectivity index (χ4v) is 3.56. The molecule has 1 aromatic rings. The molecule has 2 saturated heterocycles. The van der Waals surface area contributed by atoms with Crippen LogP contribution >= 0.6 is 0 Å². The Labute approximate surface area is 136 Å². The summed E-state index contributed by atoms with van der Waals surface area (Å²) in [5.74, 6) is 2.46. The lowest BCUT2D eigenvalue weighted by Crippen LogP contribution is -2.47. The Morgan fingerprint density at radius 1 is 1.30 bits per heavy atom. The molecular formula is C17H23N3O3. The summed E-state index contributed by atoms with van der Waals surface area (Å²) in [5.41, 5.74) is 1.04. The molecule has 6 nitrogen and oxygen atoms in total. The van der Waals surface area contributed by atoms with Gasteiger partial charge in [0.2, 0.25) is 6.79 Å². The first-order valence-corrected chi connectivity index (χ1v) is 8.41. The molecule has 0 spiro atoms. The molecule has 2 bridgehead atoms. The van der Waals surface area contributed by atoms with E-state index in [1.807, 2.05) is 18.2 Å². The Kier molecular flexibility index (Phi) is 3.99. The maximum absolute atomic E-state index is 5.91. The van der Waals surface area contributed by atoms with Crippen molar-refractivity contribution in [3.8, 4) is 11.5 Å². The number of ether oxygens (including phenoxy) is 3. The molecule has 3 aliphatic rings. The summed E-state index contributed by atoms with van der Waals surface area (Å²) in [6.45, 7) is 3.76. The van der Waals surface area contributed by atoms with Gasteiger partial charge >= 0.3 is 0 Å². The Morgan fingerprint density at radius 2 is 2.26 bits per heavy atom. The molecular weight excluding hydrogens is 294 g/mol. The van der Waals surface area contributed by atoms with E-state index < -0.39 is 0 Å². The van der Waals surface area contributed by atoms with Crippen molar-refractivity contribution in [3.05, 3.63) is 23.8 Å². The molecule has 0 saturated carbocycles. The molecule has 23 heavy (non-hydrogen) atoms. The fraction of sp³-hybridized carbons (Fsp3) is 0.588. The van der Waals surface area contributed by atoms with Crippen molar-refractivity contribution in [1.29, 1.82) is 0 Å². The van der Waals surface area contributed by atoms with Gasteiger partial charge in [0.25, 0.3) is 0 Å². The first kappa shape index (κ1) is 14.6. The van der Waals surface area contributed by atoms with Crippen LogP contribution < -0.4 is 20.1 Å². The molecule has 3 aliphatic heterocycles. The number of hydrogen-bond acceptors (Lipinski definition) is 4. The van der Waals surface area contributed by atoms with Crippen LogP contribution in [-0.4, -0.2) is 37.5 Å². The van der Waals surface area contributed by atoms with Crippen LogP contribution in [0, 0.1) is 0 Å². The average Bonchev–Trinajstić information content (AvgIpc) is 3.28. The van der Waals surface area contributed by atoms with E-state index in [1.165, 1.54) is 6.42 Å². The standard InChI is InChI=1S/C17H23N3O3/c1-2-18-17(20-13-8-12-6-7-14(13)23-12)19-9-11-4-3-5-15-16(11)22-10-21-15/h3-5,12-14H,2,6-10H2,1H3,(H2,18,19,20). The summed E-state index contributed by atoms with van der Waals surface area (Å²) in [5, 5.41) is 6.85. The molecule has 3 unspecified atom stereocenters. The molecule has 1 aromatic carbocycles. The number of rotatable bonds is 4. The lowest BCUT2D eigenvalue weighted by molar-refractivity contribution is 0.0992. The lowest BCUT2D eigenvalue weighted by atomic mass is 9.96. The van der Waals surface area contributed by atoms with E-state index in [-0.39, 0.29) is 6.79 Å². The van der Waals surface area contributed by atoms with Gasteiger partial charge in [0.15, 0.2) is 17.5 Å². The zero-order chi connectivity index (χ0) is 15.6. The molecule has 3 atom stereocenters. The minimum atomic E-state index is 0.289. The van der Waals surface area contributed by atoms with Gasteiger partial charge in [-0.3, -0.25) is 0 Å². The van der Waals surface area contributed by atoms with Gasteiger partial charge in [0, 0.05) is 12.1 Å². The molecule has 0 aromatic heterocycles. The maximum Gasteiger partial charge on any atom is 0.231 e. The van der Waals surface area contributed by atoms with E-state index >= 15 is 0 Å². The molecule has 2 fully saturated rings. The van der Waals surface area contributed by atoms with Crippen LogP contribution in [0.2, 0.25) is 0 Å². The van der Waals surface area contributed by atoms with Crippen molar-refractivity contribution in [1.82, 2.24) is 10.6 Å². The van der Waals surface area contributed by atoms with E-state index in [1.54, 1.807) is 0 Å². The highest BCUT2D eigenvalue weighted by Gasteiger charge is 2.41. The summed E-state index contributed by atoms with van der Waals surface area (Å²) in [4.78, 5) is 4.71. The van der Waals surface area contributed by atoms with Crippen LogP contribution in [0.4, 0.5) is 0 Å². The van der Waals surface area contributed by atoms with Crippen LogP contribution in [-0.2, 0) is 11.3 Å². The minimum Gasteiger partial charge on any atom is -0.454 e. The molecule has 0 aliphatic carbocycles. The first-order valence-electron chi connectivity index (χ1n) is 8.41. The third-order valence-electron chi connectivity index (χ3n) is 4.66. The number of aliphatic imine (C=N–C) groups is 1. The summed E-state index contributed by atoms with van der Waals surface area (Å²) in [6.07, 6.45) is 4.19. The molecule has 124 valence electrons. The number of hydrogen-bond donors (Lipinski definition) is 2. The molecule has 2 N–H and O–H groups in total. The number of nitrogens with one attached hydrogen (secondary N) is 2. The number of guanidine groups is 1.